The summed E-state index contributed by atoms with van der Waals surface area (Å²) >= 11 is 1.64. The summed E-state index contributed by atoms with van der Waals surface area (Å²) in [6, 6.07) is 9.91. The van der Waals surface area contributed by atoms with Crippen molar-refractivity contribution in [1.29, 1.82) is 0 Å². The van der Waals surface area contributed by atoms with Gasteiger partial charge in [0.1, 0.15) is 5.82 Å². The molecule has 4 aromatic heterocycles. The number of hydrogen-bond acceptors (Lipinski definition) is 8. The van der Waals surface area contributed by atoms with Crippen molar-refractivity contribution in [3.8, 4) is 21.8 Å². The van der Waals surface area contributed by atoms with Crippen molar-refractivity contribution in [1.82, 2.24) is 29.8 Å². The first kappa shape index (κ1) is 25.3. The molecule has 0 aromatic carbocycles. The minimum Gasteiger partial charge on any atom is -0.381 e. The fraction of sp³-hybridized carbons (Fsp3) is 0.407. The number of carbonyl (C=O) groups is 1. The zero-order valence-corrected chi connectivity index (χ0v) is 22.3. The van der Waals surface area contributed by atoms with Gasteiger partial charge in [-0.15, -0.1) is 11.3 Å². The Hall–Kier alpha value is -3.34. The van der Waals surface area contributed by atoms with Crippen molar-refractivity contribution in [3.63, 3.8) is 0 Å². The van der Waals surface area contributed by atoms with Gasteiger partial charge in [-0.2, -0.15) is 5.10 Å². The van der Waals surface area contributed by atoms with Gasteiger partial charge in [-0.1, -0.05) is 19.9 Å². The monoisotopic (exact) mass is 519 g/mol. The Labute approximate surface area is 220 Å². The van der Waals surface area contributed by atoms with Crippen LogP contribution in [0.5, 0.6) is 0 Å². The van der Waals surface area contributed by atoms with Crippen molar-refractivity contribution < 1.29 is 9.53 Å². The van der Waals surface area contributed by atoms with Gasteiger partial charge in [0, 0.05) is 36.8 Å². The van der Waals surface area contributed by atoms with Crippen LogP contribution in [0.3, 0.4) is 0 Å². The van der Waals surface area contributed by atoms with Gasteiger partial charge in [-0.25, -0.2) is 14.5 Å². The lowest BCUT2D eigenvalue weighted by Gasteiger charge is -2.27. The number of likely N-dealkylation sites (N-methyl/N-ethyl adjacent to an activating group) is 1. The number of pyridine rings is 1. The maximum absolute atomic E-state index is 13.3. The van der Waals surface area contributed by atoms with Crippen LogP contribution in [0.4, 0.5) is 5.82 Å². The molecule has 9 nitrogen and oxygen atoms in total. The highest BCUT2D eigenvalue weighted by Gasteiger charge is 2.20. The molecule has 1 atom stereocenters. The third-order valence-corrected chi connectivity index (χ3v) is 7.67. The summed E-state index contributed by atoms with van der Waals surface area (Å²) in [5.41, 5.74) is 3.57. The average Bonchev–Trinajstić information content (AvgIpc) is 3.57. The van der Waals surface area contributed by atoms with Crippen LogP contribution in [-0.2, 0) is 4.74 Å². The van der Waals surface area contributed by atoms with Crippen molar-refractivity contribution in [2.24, 2.45) is 5.92 Å². The summed E-state index contributed by atoms with van der Waals surface area (Å²) in [7, 11) is 0. The molecule has 194 valence electrons. The first-order valence-corrected chi connectivity index (χ1v) is 13.7. The highest BCUT2D eigenvalue weighted by Crippen LogP contribution is 2.28. The smallest absolute Gasteiger partial charge is 0.251 e. The molecule has 0 unspecified atom stereocenters. The second-order valence-electron chi connectivity index (χ2n) is 9.31. The number of ether oxygens (including phenoxy) is 1. The molecular weight excluding hydrogens is 486 g/mol. The van der Waals surface area contributed by atoms with Gasteiger partial charge >= 0.3 is 0 Å². The second kappa shape index (κ2) is 11.4. The van der Waals surface area contributed by atoms with E-state index in [4.69, 9.17) is 14.7 Å². The van der Waals surface area contributed by atoms with E-state index in [1.807, 2.05) is 41.9 Å². The fourth-order valence-corrected chi connectivity index (χ4v) is 5.17. The fourth-order valence-electron chi connectivity index (χ4n) is 4.47. The van der Waals surface area contributed by atoms with Crippen LogP contribution in [0.15, 0.2) is 48.1 Å². The van der Waals surface area contributed by atoms with E-state index < -0.39 is 0 Å². The highest BCUT2D eigenvalue weighted by atomic mass is 32.1. The largest absolute Gasteiger partial charge is 0.381 e. The Morgan fingerprint density at radius 2 is 2.05 bits per heavy atom. The Balaban J connectivity index is 1.46. The van der Waals surface area contributed by atoms with Crippen molar-refractivity contribution in [2.75, 3.05) is 44.7 Å². The van der Waals surface area contributed by atoms with E-state index in [0.29, 0.717) is 35.2 Å². The van der Waals surface area contributed by atoms with E-state index in [-0.39, 0.29) is 11.9 Å². The van der Waals surface area contributed by atoms with Crippen LogP contribution in [-0.4, -0.2) is 75.8 Å². The third kappa shape index (κ3) is 5.66. The number of rotatable bonds is 11. The lowest BCUT2D eigenvalue weighted by atomic mass is 10.1. The zero-order valence-electron chi connectivity index (χ0n) is 21.5. The molecule has 2 N–H and O–H groups in total. The van der Waals surface area contributed by atoms with Gasteiger partial charge in [0.05, 0.1) is 41.2 Å². The van der Waals surface area contributed by atoms with Crippen molar-refractivity contribution in [2.45, 2.75) is 26.8 Å². The quantitative estimate of drug-likeness (QED) is 0.309. The molecule has 10 heteroatoms. The lowest BCUT2D eigenvalue weighted by molar-refractivity contribution is -0.0248. The molecule has 1 fully saturated rings. The van der Waals surface area contributed by atoms with E-state index in [2.05, 4.69) is 41.4 Å². The normalized spacial score (nSPS) is 14.6. The Morgan fingerprint density at radius 1 is 1.22 bits per heavy atom. The standard InChI is InChI=1S/C27H33N7O2S/c1-4-33(5-2)18(3)13-29-27(35)20-11-23(31-25(12-20)28-14-19-16-36-17-19)21-15-30-34-9-8-22(32-26(21)34)24-7-6-10-37-24/h6-12,15,18-19H,4-5,13-14,16-17H2,1-3H3,(H,28,31)(H,29,35)/t18-/m0/s1. The number of nitrogens with zero attached hydrogens (tertiary/aromatic N) is 5. The van der Waals surface area contributed by atoms with Crippen LogP contribution in [0.25, 0.3) is 27.5 Å². The number of hydrogen-bond donors (Lipinski definition) is 2. The Kier molecular flexibility index (Phi) is 7.78. The minimum absolute atomic E-state index is 0.124. The molecule has 0 radical (unpaired) electrons. The molecule has 0 spiro atoms. The molecule has 0 bridgehead atoms. The maximum atomic E-state index is 13.3. The minimum atomic E-state index is -0.124. The molecule has 1 saturated heterocycles. The van der Waals surface area contributed by atoms with Gasteiger partial charge in [-0.3, -0.25) is 9.69 Å². The van der Waals surface area contributed by atoms with Gasteiger partial charge in [0.25, 0.3) is 5.91 Å². The first-order valence-electron chi connectivity index (χ1n) is 12.8. The summed E-state index contributed by atoms with van der Waals surface area (Å²) in [5, 5.41) is 13.0. The van der Waals surface area contributed by atoms with Crippen molar-refractivity contribution >= 4 is 28.7 Å². The topological polar surface area (TPSA) is 96.7 Å². The SMILES string of the molecule is CCN(CC)[C@@H](C)CNC(=O)c1cc(NCC2COC2)nc(-c2cnn3ccc(-c4cccs4)nc23)c1. The summed E-state index contributed by atoms with van der Waals surface area (Å²) in [6.45, 7) is 11.1. The van der Waals surface area contributed by atoms with E-state index in [9.17, 15) is 4.79 Å². The highest BCUT2D eigenvalue weighted by molar-refractivity contribution is 7.13. The number of amides is 1. The summed E-state index contributed by atoms with van der Waals surface area (Å²) in [6.07, 6.45) is 3.67. The van der Waals surface area contributed by atoms with Gasteiger partial charge < -0.3 is 15.4 Å². The van der Waals surface area contributed by atoms with Crippen LogP contribution < -0.4 is 10.6 Å². The number of aromatic nitrogens is 4. The molecule has 1 aliphatic heterocycles. The average molecular weight is 520 g/mol. The molecular formula is C27H33N7O2S. The molecule has 5 heterocycles. The molecule has 1 aliphatic rings. The number of nitrogens with one attached hydrogen (secondary N) is 2. The van der Waals surface area contributed by atoms with E-state index in [1.54, 1.807) is 22.0 Å². The number of fused-ring (bicyclic) bond motifs is 1. The Bertz CT molecular complexity index is 1350. The first-order chi connectivity index (χ1) is 18.1. The maximum Gasteiger partial charge on any atom is 0.251 e. The predicted octanol–water partition coefficient (Wildman–Crippen LogP) is 4.04. The Morgan fingerprint density at radius 3 is 2.76 bits per heavy atom. The molecule has 37 heavy (non-hydrogen) atoms. The molecule has 0 aliphatic carbocycles. The summed E-state index contributed by atoms with van der Waals surface area (Å²) < 4.78 is 7.04. The third-order valence-electron chi connectivity index (χ3n) is 6.78. The molecule has 5 rings (SSSR count). The van der Waals surface area contributed by atoms with Gasteiger partial charge in [0.2, 0.25) is 0 Å². The lowest BCUT2D eigenvalue weighted by Crippen LogP contribution is -2.42. The molecule has 1 amide bonds. The number of thiophene rings is 1. The van der Waals surface area contributed by atoms with Crippen LogP contribution in [0, 0.1) is 5.92 Å². The molecule has 0 saturated carbocycles. The number of carbonyl (C=O) groups excluding carboxylic acids is 1. The van der Waals surface area contributed by atoms with Crippen LogP contribution in [0.2, 0.25) is 0 Å². The molecule has 4 aromatic rings. The van der Waals surface area contributed by atoms with E-state index >= 15 is 0 Å². The number of anilines is 1. The predicted molar refractivity (Wildman–Crippen MR) is 147 cm³/mol. The van der Waals surface area contributed by atoms with Gasteiger partial charge in [0.15, 0.2) is 5.65 Å². The zero-order chi connectivity index (χ0) is 25.8. The van der Waals surface area contributed by atoms with Crippen LogP contribution in [0.1, 0.15) is 31.1 Å². The second-order valence-corrected chi connectivity index (χ2v) is 10.3. The van der Waals surface area contributed by atoms with Crippen LogP contribution >= 0.6 is 11.3 Å². The van der Waals surface area contributed by atoms with E-state index in [1.165, 1.54) is 0 Å². The summed E-state index contributed by atoms with van der Waals surface area (Å²) in [5.74, 6) is 0.978. The summed E-state index contributed by atoms with van der Waals surface area (Å²) in [4.78, 5) is 26.4. The van der Waals surface area contributed by atoms with Gasteiger partial charge in [-0.05, 0) is 49.7 Å². The van der Waals surface area contributed by atoms with E-state index in [0.717, 1.165) is 49.0 Å². The van der Waals surface area contributed by atoms with Crippen molar-refractivity contribution in [3.05, 3.63) is 53.7 Å².